The minimum atomic E-state index is -0.951. The molecule has 206 valence electrons. The first-order valence-electron chi connectivity index (χ1n) is 14.4. The topological polar surface area (TPSA) is 66.8 Å². The molecule has 1 aliphatic carbocycles. The number of carbonyl (C=O) groups is 2. The lowest BCUT2D eigenvalue weighted by atomic mass is 9.88. The van der Waals surface area contributed by atoms with Crippen molar-refractivity contribution in [3.8, 4) is 5.75 Å². The second-order valence-corrected chi connectivity index (χ2v) is 10.6. The molecule has 3 aromatic carbocycles. The molecule has 1 amide bonds. The summed E-state index contributed by atoms with van der Waals surface area (Å²) in [5.41, 5.74) is 3.65. The van der Waals surface area contributed by atoms with Crippen molar-refractivity contribution in [2.24, 2.45) is 5.92 Å². The predicted octanol–water partition coefficient (Wildman–Crippen LogP) is 7.10. The summed E-state index contributed by atoms with van der Waals surface area (Å²) in [6.07, 6.45) is 6.37. The van der Waals surface area contributed by atoms with Gasteiger partial charge in [0.15, 0.2) is 6.10 Å². The van der Waals surface area contributed by atoms with Gasteiger partial charge in [-0.2, -0.15) is 0 Å². The van der Waals surface area contributed by atoms with E-state index in [0.29, 0.717) is 24.6 Å². The maximum Gasteiger partial charge on any atom is 0.344 e. The number of aliphatic carboxylic acids is 1. The first kappa shape index (κ1) is 28.4. The van der Waals surface area contributed by atoms with Crippen LogP contribution in [0.1, 0.15) is 74.5 Å². The van der Waals surface area contributed by atoms with Gasteiger partial charge in [-0.05, 0) is 67.3 Å². The molecule has 0 heterocycles. The van der Waals surface area contributed by atoms with E-state index in [9.17, 15) is 14.7 Å². The highest BCUT2D eigenvalue weighted by atomic mass is 16.5. The Morgan fingerprint density at radius 1 is 0.897 bits per heavy atom. The van der Waals surface area contributed by atoms with Gasteiger partial charge in [0.2, 0.25) is 5.91 Å². The molecule has 3 aromatic rings. The zero-order chi connectivity index (χ0) is 27.5. The number of amides is 1. The van der Waals surface area contributed by atoms with Gasteiger partial charge in [0, 0.05) is 24.9 Å². The van der Waals surface area contributed by atoms with Crippen molar-refractivity contribution in [3.63, 3.8) is 0 Å². The van der Waals surface area contributed by atoms with Crippen molar-refractivity contribution in [3.05, 3.63) is 102 Å². The van der Waals surface area contributed by atoms with E-state index in [1.165, 1.54) is 11.1 Å². The van der Waals surface area contributed by atoms with Crippen LogP contribution in [0.5, 0.6) is 5.75 Å². The number of rotatable bonds is 14. The summed E-state index contributed by atoms with van der Waals surface area (Å²) in [4.78, 5) is 27.1. The van der Waals surface area contributed by atoms with Crippen LogP contribution in [0.2, 0.25) is 0 Å². The van der Waals surface area contributed by atoms with Gasteiger partial charge in [-0.25, -0.2) is 4.79 Å². The highest BCUT2D eigenvalue weighted by molar-refractivity contribution is 5.79. The highest BCUT2D eigenvalue weighted by Gasteiger charge is 2.28. The summed E-state index contributed by atoms with van der Waals surface area (Å²) in [5.74, 6) is 0.315. The third-order valence-corrected chi connectivity index (χ3v) is 7.82. The van der Waals surface area contributed by atoms with Gasteiger partial charge < -0.3 is 14.7 Å². The number of carbonyl (C=O) groups excluding carboxylic acids is 1. The van der Waals surface area contributed by atoms with Crippen molar-refractivity contribution in [1.82, 2.24) is 4.90 Å². The SMILES string of the molecule is CCC(Oc1cccc(CCCN(CCC(c2ccccc2)c2ccccc2)C(=O)C2CCCC2)c1)C(=O)O. The number of benzene rings is 3. The number of hydrogen-bond acceptors (Lipinski definition) is 3. The zero-order valence-electron chi connectivity index (χ0n) is 23.0. The van der Waals surface area contributed by atoms with Crippen LogP contribution in [0.4, 0.5) is 0 Å². The van der Waals surface area contributed by atoms with Crippen molar-refractivity contribution in [1.29, 1.82) is 0 Å². The van der Waals surface area contributed by atoms with E-state index in [2.05, 4.69) is 53.4 Å². The standard InChI is InChI=1S/C34H41NO4/c1-2-32(34(37)38)39-30-21-11-13-26(25-30)14-12-23-35(33(36)29-19-9-10-20-29)24-22-31(27-15-5-3-6-16-27)28-17-7-4-8-18-28/h3-8,11,13,15-18,21,25,29,31-32H,2,9-10,12,14,19-20,22-24H2,1H3,(H,37,38). The van der Waals surface area contributed by atoms with Gasteiger partial charge in [-0.1, -0.05) is 92.6 Å². The molecule has 0 bridgehead atoms. The summed E-state index contributed by atoms with van der Waals surface area (Å²) in [6.45, 7) is 3.24. The minimum absolute atomic E-state index is 0.149. The number of ether oxygens (including phenoxy) is 1. The molecule has 39 heavy (non-hydrogen) atoms. The Bertz CT molecular complexity index is 1130. The molecule has 0 spiro atoms. The van der Waals surface area contributed by atoms with Gasteiger partial charge >= 0.3 is 5.97 Å². The molecule has 4 rings (SSSR count). The Hall–Kier alpha value is -3.60. The van der Waals surface area contributed by atoms with Crippen molar-refractivity contribution in [2.75, 3.05) is 13.1 Å². The fraction of sp³-hybridized carbons (Fsp3) is 0.412. The van der Waals surface area contributed by atoms with Crippen LogP contribution in [0.25, 0.3) is 0 Å². The van der Waals surface area contributed by atoms with Crippen LogP contribution >= 0.6 is 0 Å². The Labute approximate surface area is 232 Å². The van der Waals surface area contributed by atoms with E-state index in [4.69, 9.17) is 4.74 Å². The molecule has 1 fully saturated rings. The van der Waals surface area contributed by atoms with Crippen LogP contribution in [0, 0.1) is 5.92 Å². The molecule has 1 aliphatic rings. The van der Waals surface area contributed by atoms with Crippen LogP contribution in [-0.4, -0.2) is 41.1 Å². The van der Waals surface area contributed by atoms with Gasteiger partial charge in [0.25, 0.3) is 0 Å². The first-order chi connectivity index (χ1) is 19.0. The van der Waals surface area contributed by atoms with E-state index >= 15 is 0 Å². The average Bonchev–Trinajstić information content (AvgIpc) is 3.51. The van der Waals surface area contributed by atoms with E-state index < -0.39 is 12.1 Å². The zero-order valence-corrected chi connectivity index (χ0v) is 23.0. The van der Waals surface area contributed by atoms with E-state index in [1.54, 1.807) is 13.0 Å². The van der Waals surface area contributed by atoms with Gasteiger partial charge in [-0.15, -0.1) is 0 Å². The van der Waals surface area contributed by atoms with Crippen molar-refractivity contribution >= 4 is 11.9 Å². The molecule has 0 aliphatic heterocycles. The molecule has 0 radical (unpaired) electrons. The number of hydrogen-bond donors (Lipinski definition) is 1. The van der Waals surface area contributed by atoms with Gasteiger partial charge in [-0.3, -0.25) is 4.79 Å². The Balaban J connectivity index is 1.43. The number of nitrogens with zero attached hydrogens (tertiary/aromatic N) is 1. The van der Waals surface area contributed by atoms with Crippen LogP contribution < -0.4 is 4.74 Å². The quantitative estimate of drug-likeness (QED) is 0.243. The maximum absolute atomic E-state index is 13.6. The molecule has 0 saturated heterocycles. The molecule has 1 unspecified atom stereocenters. The van der Waals surface area contributed by atoms with Crippen LogP contribution in [0.15, 0.2) is 84.9 Å². The van der Waals surface area contributed by atoms with Crippen LogP contribution in [0.3, 0.4) is 0 Å². The predicted molar refractivity (Wildman–Crippen MR) is 155 cm³/mol. The monoisotopic (exact) mass is 527 g/mol. The number of aryl methyl sites for hydroxylation is 1. The summed E-state index contributed by atoms with van der Waals surface area (Å²) in [7, 11) is 0. The third-order valence-electron chi connectivity index (χ3n) is 7.82. The summed E-state index contributed by atoms with van der Waals surface area (Å²) in [5, 5.41) is 9.32. The largest absolute Gasteiger partial charge is 0.479 e. The Morgan fingerprint density at radius 3 is 2.13 bits per heavy atom. The average molecular weight is 528 g/mol. The van der Waals surface area contributed by atoms with E-state index in [0.717, 1.165) is 57.1 Å². The maximum atomic E-state index is 13.6. The second-order valence-electron chi connectivity index (χ2n) is 10.6. The van der Waals surface area contributed by atoms with Crippen molar-refractivity contribution in [2.45, 2.75) is 70.3 Å². The van der Waals surface area contributed by atoms with Gasteiger partial charge in [0.05, 0.1) is 0 Å². The lowest BCUT2D eigenvalue weighted by molar-refractivity contribution is -0.145. The first-order valence-corrected chi connectivity index (χ1v) is 14.4. The van der Waals surface area contributed by atoms with Gasteiger partial charge in [0.1, 0.15) is 5.75 Å². The number of carboxylic acids is 1. The minimum Gasteiger partial charge on any atom is -0.479 e. The number of carboxylic acid groups (broad SMARTS) is 1. The fourth-order valence-corrected chi connectivity index (χ4v) is 5.67. The fourth-order valence-electron chi connectivity index (χ4n) is 5.67. The summed E-state index contributed by atoms with van der Waals surface area (Å²) in [6, 6.07) is 28.9. The third kappa shape index (κ3) is 8.19. The van der Waals surface area contributed by atoms with Crippen molar-refractivity contribution < 1.29 is 19.4 Å². The molecular weight excluding hydrogens is 486 g/mol. The van der Waals surface area contributed by atoms with E-state index in [1.807, 2.05) is 30.3 Å². The molecule has 1 saturated carbocycles. The smallest absolute Gasteiger partial charge is 0.344 e. The normalized spacial score (nSPS) is 14.3. The lowest BCUT2D eigenvalue weighted by Gasteiger charge is -2.28. The Morgan fingerprint density at radius 2 is 1.54 bits per heavy atom. The molecule has 1 atom stereocenters. The molecule has 0 aromatic heterocycles. The molecule has 1 N–H and O–H groups in total. The molecular formula is C34H41NO4. The highest BCUT2D eigenvalue weighted by Crippen LogP contribution is 2.30. The summed E-state index contributed by atoms with van der Waals surface area (Å²) < 4.78 is 5.68. The second kappa shape index (κ2) is 14.5. The Kier molecular flexibility index (Phi) is 10.6. The molecule has 5 nitrogen and oxygen atoms in total. The lowest BCUT2D eigenvalue weighted by Crippen LogP contribution is -2.37. The van der Waals surface area contributed by atoms with Crippen LogP contribution in [-0.2, 0) is 16.0 Å². The summed E-state index contributed by atoms with van der Waals surface area (Å²) >= 11 is 0. The van der Waals surface area contributed by atoms with E-state index in [-0.39, 0.29) is 11.8 Å². The molecule has 5 heteroatoms.